The third-order valence-corrected chi connectivity index (χ3v) is 4.80. The number of hydrogen-bond donors (Lipinski definition) is 1. The summed E-state index contributed by atoms with van der Waals surface area (Å²) in [5.74, 6) is 1.19. The van der Waals surface area contributed by atoms with Crippen molar-refractivity contribution < 1.29 is 0 Å². The van der Waals surface area contributed by atoms with E-state index < -0.39 is 0 Å². The summed E-state index contributed by atoms with van der Waals surface area (Å²) in [6, 6.07) is 15.8. The SMILES string of the molecule is Cc1ccc(C)c(NC2CCSc3ccccc32)c1. The van der Waals surface area contributed by atoms with E-state index >= 15 is 0 Å². The minimum atomic E-state index is 0.443. The Kier molecular flexibility index (Phi) is 3.52. The van der Waals surface area contributed by atoms with Crippen LogP contribution >= 0.6 is 11.8 Å². The van der Waals surface area contributed by atoms with Gasteiger partial charge in [0.25, 0.3) is 0 Å². The Balaban J connectivity index is 1.90. The van der Waals surface area contributed by atoms with Crippen LogP contribution in [0.4, 0.5) is 5.69 Å². The first-order valence-corrected chi connectivity index (χ1v) is 7.78. The molecule has 1 aliphatic heterocycles. The average molecular weight is 269 g/mol. The quantitative estimate of drug-likeness (QED) is 0.827. The second kappa shape index (κ2) is 5.30. The summed E-state index contributed by atoms with van der Waals surface area (Å²) in [6.45, 7) is 4.32. The normalized spacial score (nSPS) is 17.9. The third kappa shape index (κ3) is 2.64. The van der Waals surface area contributed by atoms with Gasteiger partial charge in [0, 0.05) is 16.3 Å². The first-order chi connectivity index (χ1) is 9.24. The van der Waals surface area contributed by atoms with Gasteiger partial charge in [-0.25, -0.2) is 0 Å². The molecule has 0 amide bonds. The Hall–Kier alpha value is -1.41. The molecule has 1 aliphatic rings. The molecule has 1 unspecified atom stereocenters. The zero-order valence-corrected chi connectivity index (χ0v) is 12.3. The van der Waals surface area contributed by atoms with E-state index in [4.69, 9.17) is 0 Å². The summed E-state index contributed by atoms with van der Waals surface area (Å²) in [6.07, 6.45) is 1.19. The topological polar surface area (TPSA) is 12.0 Å². The van der Waals surface area contributed by atoms with Crippen LogP contribution in [0.25, 0.3) is 0 Å². The number of anilines is 1. The molecule has 0 saturated carbocycles. The fraction of sp³-hybridized carbons (Fsp3) is 0.294. The molecule has 1 atom stereocenters. The van der Waals surface area contributed by atoms with Crippen LogP contribution in [0.3, 0.4) is 0 Å². The maximum absolute atomic E-state index is 3.73. The largest absolute Gasteiger partial charge is 0.378 e. The Morgan fingerprint density at radius 2 is 1.95 bits per heavy atom. The van der Waals surface area contributed by atoms with Gasteiger partial charge >= 0.3 is 0 Å². The molecule has 2 heteroatoms. The van der Waals surface area contributed by atoms with E-state index in [-0.39, 0.29) is 0 Å². The van der Waals surface area contributed by atoms with Crippen LogP contribution in [0.1, 0.15) is 29.2 Å². The summed E-state index contributed by atoms with van der Waals surface area (Å²) in [7, 11) is 0. The minimum absolute atomic E-state index is 0.443. The summed E-state index contributed by atoms with van der Waals surface area (Å²) in [5, 5.41) is 3.73. The summed E-state index contributed by atoms with van der Waals surface area (Å²) < 4.78 is 0. The Labute approximate surface area is 119 Å². The van der Waals surface area contributed by atoms with Crippen molar-refractivity contribution in [2.24, 2.45) is 0 Å². The van der Waals surface area contributed by atoms with Crippen molar-refractivity contribution in [3.8, 4) is 0 Å². The van der Waals surface area contributed by atoms with Crippen molar-refractivity contribution in [2.45, 2.75) is 31.2 Å². The smallest absolute Gasteiger partial charge is 0.0532 e. The van der Waals surface area contributed by atoms with Crippen LogP contribution < -0.4 is 5.32 Å². The van der Waals surface area contributed by atoms with Gasteiger partial charge in [-0.1, -0.05) is 30.3 Å². The molecule has 3 rings (SSSR count). The number of rotatable bonds is 2. The van der Waals surface area contributed by atoms with Crippen molar-refractivity contribution in [1.29, 1.82) is 0 Å². The molecule has 0 aromatic heterocycles. The van der Waals surface area contributed by atoms with E-state index in [9.17, 15) is 0 Å². The second-order valence-electron chi connectivity index (χ2n) is 5.19. The number of nitrogens with one attached hydrogen (secondary N) is 1. The Morgan fingerprint density at radius 1 is 1.11 bits per heavy atom. The molecule has 0 aliphatic carbocycles. The van der Waals surface area contributed by atoms with Crippen LogP contribution in [0.5, 0.6) is 0 Å². The lowest BCUT2D eigenvalue weighted by molar-refractivity contribution is 0.727. The van der Waals surface area contributed by atoms with Crippen LogP contribution in [-0.4, -0.2) is 5.75 Å². The summed E-state index contributed by atoms with van der Waals surface area (Å²) in [5.41, 5.74) is 5.35. The van der Waals surface area contributed by atoms with Crippen LogP contribution in [0, 0.1) is 13.8 Å². The molecule has 1 nitrogen and oxygen atoms in total. The van der Waals surface area contributed by atoms with Crippen LogP contribution in [0.15, 0.2) is 47.4 Å². The Bertz CT molecular complexity index is 592. The highest BCUT2D eigenvalue weighted by atomic mass is 32.2. The number of fused-ring (bicyclic) bond motifs is 1. The molecule has 0 radical (unpaired) electrons. The van der Waals surface area contributed by atoms with E-state index in [1.165, 1.54) is 39.4 Å². The van der Waals surface area contributed by atoms with Gasteiger partial charge in [-0.15, -0.1) is 11.8 Å². The van der Waals surface area contributed by atoms with Gasteiger partial charge in [-0.2, -0.15) is 0 Å². The lowest BCUT2D eigenvalue weighted by atomic mass is 10.0. The fourth-order valence-electron chi connectivity index (χ4n) is 2.57. The minimum Gasteiger partial charge on any atom is -0.378 e. The third-order valence-electron chi connectivity index (χ3n) is 3.68. The van der Waals surface area contributed by atoms with Crippen molar-refractivity contribution in [1.82, 2.24) is 0 Å². The molecule has 19 heavy (non-hydrogen) atoms. The molecule has 98 valence electrons. The van der Waals surface area contributed by atoms with Gasteiger partial charge in [-0.05, 0) is 49.1 Å². The molecule has 2 aromatic carbocycles. The molecule has 0 fully saturated rings. The number of aryl methyl sites for hydroxylation is 2. The maximum Gasteiger partial charge on any atom is 0.0532 e. The molecule has 1 heterocycles. The number of thioether (sulfide) groups is 1. The van der Waals surface area contributed by atoms with E-state index in [1.807, 2.05) is 11.8 Å². The molecule has 0 spiro atoms. The predicted octanol–water partition coefficient (Wildman–Crippen LogP) is 4.95. The van der Waals surface area contributed by atoms with Crippen molar-refractivity contribution in [3.05, 3.63) is 59.2 Å². The van der Waals surface area contributed by atoms with E-state index in [1.54, 1.807) is 0 Å². The maximum atomic E-state index is 3.73. The molecule has 1 N–H and O–H groups in total. The first-order valence-electron chi connectivity index (χ1n) is 6.79. The molecule has 0 saturated heterocycles. The average Bonchev–Trinajstić information content (AvgIpc) is 2.43. The molecular formula is C17H19NS. The highest BCUT2D eigenvalue weighted by Gasteiger charge is 2.20. The zero-order valence-electron chi connectivity index (χ0n) is 11.4. The van der Waals surface area contributed by atoms with E-state index in [2.05, 4.69) is 61.6 Å². The van der Waals surface area contributed by atoms with Gasteiger partial charge in [0.05, 0.1) is 6.04 Å². The summed E-state index contributed by atoms with van der Waals surface area (Å²) >= 11 is 1.97. The number of benzene rings is 2. The van der Waals surface area contributed by atoms with E-state index in [0.717, 1.165) is 0 Å². The fourth-order valence-corrected chi connectivity index (χ4v) is 3.70. The molecular weight excluding hydrogens is 250 g/mol. The van der Waals surface area contributed by atoms with Gasteiger partial charge in [0.15, 0.2) is 0 Å². The van der Waals surface area contributed by atoms with E-state index in [0.29, 0.717) is 6.04 Å². The van der Waals surface area contributed by atoms with Crippen molar-refractivity contribution >= 4 is 17.4 Å². The predicted molar refractivity (Wildman–Crippen MR) is 84.1 cm³/mol. The lowest BCUT2D eigenvalue weighted by Gasteiger charge is -2.27. The Morgan fingerprint density at radius 3 is 2.84 bits per heavy atom. The lowest BCUT2D eigenvalue weighted by Crippen LogP contribution is -2.16. The van der Waals surface area contributed by atoms with Gasteiger partial charge in [0.2, 0.25) is 0 Å². The highest BCUT2D eigenvalue weighted by molar-refractivity contribution is 7.99. The molecule has 2 aromatic rings. The zero-order chi connectivity index (χ0) is 13.2. The molecule has 0 bridgehead atoms. The van der Waals surface area contributed by atoms with Gasteiger partial charge < -0.3 is 5.32 Å². The number of hydrogen-bond acceptors (Lipinski definition) is 2. The van der Waals surface area contributed by atoms with Crippen LogP contribution in [-0.2, 0) is 0 Å². The van der Waals surface area contributed by atoms with Gasteiger partial charge in [-0.3, -0.25) is 0 Å². The second-order valence-corrected chi connectivity index (χ2v) is 6.33. The first kappa shape index (κ1) is 12.6. The highest BCUT2D eigenvalue weighted by Crippen LogP contribution is 2.38. The monoisotopic (exact) mass is 269 g/mol. The van der Waals surface area contributed by atoms with Crippen LogP contribution in [0.2, 0.25) is 0 Å². The van der Waals surface area contributed by atoms with Gasteiger partial charge in [0.1, 0.15) is 0 Å². The summed E-state index contributed by atoms with van der Waals surface area (Å²) in [4.78, 5) is 1.43. The van der Waals surface area contributed by atoms with Crippen molar-refractivity contribution in [3.63, 3.8) is 0 Å². The van der Waals surface area contributed by atoms with Crippen molar-refractivity contribution in [2.75, 3.05) is 11.1 Å². The standard InChI is InChI=1S/C17H19NS/c1-12-7-8-13(2)16(11-12)18-15-9-10-19-17-6-4-3-5-14(15)17/h3-8,11,15,18H,9-10H2,1-2H3.